The number of hydrogen-bond acceptors (Lipinski definition) is 2. The Kier molecular flexibility index (Phi) is 4.23. The van der Waals surface area contributed by atoms with E-state index in [1.165, 1.54) is 19.3 Å². The van der Waals surface area contributed by atoms with Crippen LogP contribution in [-0.4, -0.2) is 6.54 Å². The standard InChI is InChI=1S/C14H16BrFN2/c1-9-2-3-10(6-9)8-18-12-5-4-11(7-17)13(15)14(12)16/h4-5,9-10,18H,2-3,6,8H2,1H3. The summed E-state index contributed by atoms with van der Waals surface area (Å²) in [6, 6.07) is 5.22. The zero-order chi connectivity index (χ0) is 13.1. The van der Waals surface area contributed by atoms with Gasteiger partial charge in [0.2, 0.25) is 0 Å². The Hall–Kier alpha value is -1.08. The maximum Gasteiger partial charge on any atom is 0.161 e. The fourth-order valence-electron chi connectivity index (χ4n) is 2.54. The number of rotatable bonds is 3. The van der Waals surface area contributed by atoms with Crippen molar-refractivity contribution in [3.63, 3.8) is 0 Å². The molecule has 0 spiro atoms. The van der Waals surface area contributed by atoms with Gasteiger partial charge in [-0.25, -0.2) is 4.39 Å². The molecule has 1 aromatic rings. The first kappa shape index (κ1) is 13.4. The van der Waals surface area contributed by atoms with Crippen LogP contribution >= 0.6 is 15.9 Å². The van der Waals surface area contributed by atoms with Crippen molar-refractivity contribution in [2.24, 2.45) is 11.8 Å². The third kappa shape index (κ3) is 2.84. The van der Waals surface area contributed by atoms with E-state index in [1.807, 2.05) is 6.07 Å². The Morgan fingerprint density at radius 1 is 1.50 bits per heavy atom. The maximum atomic E-state index is 13.9. The molecule has 2 rings (SSSR count). The number of nitriles is 1. The Bertz CT molecular complexity index is 481. The van der Waals surface area contributed by atoms with Gasteiger partial charge in [0.05, 0.1) is 15.7 Å². The number of anilines is 1. The van der Waals surface area contributed by atoms with Crippen molar-refractivity contribution >= 4 is 21.6 Å². The van der Waals surface area contributed by atoms with E-state index in [2.05, 4.69) is 28.2 Å². The lowest BCUT2D eigenvalue weighted by atomic mass is 10.1. The summed E-state index contributed by atoms with van der Waals surface area (Å²) in [5.74, 6) is 1.04. The minimum atomic E-state index is -0.375. The summed E-state index contributed by atoms with van der Waals surface area (Å²) in [6.07, 6.45) is 3.70. The topological polar surface area (TPSA) is 35.8 Å². The highest BCUT2D eigenvalue weighted by molar-refractivity contribution is 9.10. The average Bonchev–Trinajstić information content (AvgIpc) is 2.77. The molecule has 0 radical (unpaired) electrons. The molecular formula is C14H16BrFN2. The van der Waals surface area contributed by atoms with Crippen LogP contribution in [0.3, 0.4) is 0 Å². The van der Waals surface area contributed by atoms with Gasteiger partial charge in [-0.15, -0.1) is 0 Å². The van der Waals surface area contributed by atoms with Crippen LogP contribution in [-0.2, 0) is 0 Å². The summed E-state index contributed by atoms with van der Waals surface area (Å²) in [7, 11) is 0. The van der Waals surface area contributed by atoms with Gasteiger partial charge in [-0.05, 0) is 52.7 Å². The summed E-state index contributed by atoms with van der Waals surface area (Å²) >= 11 is 3.12. The van der Waals surface area contributed by atoms with Gasteiger partial charge in [0, 0.05) is 6.54 Å². The van der Waals surface area contributed by atoms with Gasteiger partial charge in [-0.3, -0.25) is 0 Å². The van der Waals surface area contributed by atoms with Crippen LogP contribution in [0.4, 0.5) is 10.1 Å². The second-order valence-electron chi connectivity index (χ2n) is 5.07. The molecule has 1 aliphatic rings. The van der Waals surface area contributed by atoms with E-state index in [1.54, 1.807) is 12.1 Å². The van der Waals surface area contributed by atoms with E-state index < -0.39 is 0 Å². The molecular weight excluding hydrogens is 295 g/mol. The van der Waals surface area contributed by atoms with Gasteiger partial charge in [-0.1, -0.05) is 13.3 Å². The minimum Gasteiger partial charge on any atom is -0.382 e. The van der Waals surface area contributed by atoms with Crippen molar-refractivity contribution in [2.75, 3.05) is 11.9 Å². The van der Waals surface area contributed by atoms with Crippen molar-refractivity contribution in [1.29, 1.82) is 5.26 Å². The van der Waals surface area contributed by atoms with E-state index >= 15 is 0 Å². The van der Waals surface area contributed by atoms with Crippen molar-refractivity contribution < 1.29 is 4.39 Å². The highest BCUT2D eigenvalue weighted by Crippen LogP contribution is 2.31. The largest absolute Gasteiger partial charge is 0.382 e. The van der Waals surface area contributed by atoms with Crippen LogP contribution in [0.15, 0.2) is 16.6 Å². The zero-order valence-electron chi connectivity index (χ0n) is 10.3. The highest BCUT2D eigenvalue weighted by atomic mass is 79.9. The van der Waals surface area contributed by atoms with Crippen LogP contribution in [0.1, 0.15) is 31.7 Å². The second kappa shape index (κ2) is 5.71. The van der Waals surface area contributed by atoms with Crippen molar-refractivity contribution in [2.45, 2.75) is 26.2 Å². The molecule has 2 unspecified atom stereocenters. The third-order valence-corrected chi connectivity index (χ3v) is 4.36. The molecule has 0 heterocycles. The minimum absolute atomic E-state index is 0.245. The molecule has 1 aromatic carbocycles. The predicted octanol–water partition coefficient (Wildman–Crippen LogP) is 4.31. The van der Waals surface area contributed by atoms with Gasteiger partial charge >= 0.3 is 0 Å². The van der Waals surface area contributed by atoms with Gasteiger partial charge in [0.1, 0.15) is 6.07 Å². The fraction of sp³-hybridized carbons (Fsp3) is 0.500. The maximum absolute atomic E-state index is 13.9. The van der Waals surface area contributed by atoms with E-state index in [0.717, 1.165) is 12.5 Å². The van der Waals surface area contributed by atoms with E-state index in [-0.39, 0.29) is 10.3 Å². The van der Waals surface area contributed by atoms with Gasteiger partial charge in [0.15, 0.2) is 5.82 Å². The first-order valence-corrected chi connectivity index (χ1v) is 7.03. The van der Waals surface area contributed by atoms with Crippen molar-refractivity contribution in [1.82, 2.24) is 0 Å². The molecule has 96 valence electrons. The number of nitrogens with zero attached hydrogens (tertiary/aromatic N) is 1. The quantitative estimate of drug-likeness (QED) is 0.903. The number of hydrogen-bond donors (Lipinski definition) is 1. The summed E-state index contributed by atoms with van der Waals surface area (Å²) in [4.78, 5) is 0. The van der Waals surface area contributed by atoms with E-state index in [4.69, 9.17) is 5.26 Å². The summed E-state index contributed by atoms with van der Waals surface area (Å²) in [5, 5.41) is 12.0. The van der Waals surface area contributed by atoms with Crippen LogP contribution in [0.2, 0.25) is 0 Å². The number of halogens is 2. The Morgan fingerprint density at radius 3 is 2.89 bits per heavy atom. The van der Waals surface area contributed by atoms with Crippen LogP contribution < -0.4 is 5.32 Å². The number of nitrogens with one attached hydrogen (secondary N) is 1. The van der Waals surface area contributed by atoms with Gasteiger partial charge < -0.3 is 5.32 Å². The Balaban J connectivity index is 2.02. The zero-order valence-corrected chi connectivity index (χ0v) is 11.9. The molecule has 0 amide bonds. The summed E-state index contributed by atoms with van der Waals surface area (Å²) in [6.45, 7) is 3.07. The monoisotopic (exact) mass is 310 g/mol. The van der Waals surface area contributed by atoms with E-state index in [9.17, 15) is 4.39 Å². The molecule has 0 bridgehead atoms. The summed E-state index contributed by atoms with van der Waals surface area (Å²) < 4.78 is 14.2. The van der Waals surface area contributed by atoms with Crippen LogP contribution in [0, 0.1) is 29.0 Å². The normalized spacial score (nSPS) is 22.8. The molecule has 1 aliphatic carbocycles. The molecule has 4 heteroatoms. The highest BCUT2D eigenvalue weighted by Gasteiger charge is 2.21. The Morgan fingerprint density at radius 2 is 2.28 bits per heavy atom. The molecule has 18 heavy (non-hydrogen) atoms. The lowest BCUT2D eigenvalue weighted by molar-refractivity contribution is 0.535. The number of benzene rings is 1. The van der Waals surface area contributed by atoms with E-state index in [0.29, 0.717) is 17.2 Å². The first-order valence-electron chi connectivity index (χ1n) is 6.23. The molecule has 1 N–H and O–H groups in total. The second-order valence-corrected chi connectivity index (χ2v) is 5.86. The molecule has 1 saturated carbocycles. The molecule has 0 saturated heterocycles. The molecule has 1 fully saturated rings. The molecule has 0 aromatic heterocycles. The smallest absolute Gasteiger partial charge is 0.161 e. The lowest BCUT2D eigenvalue weighted by Gasteiger charge is -2.13. The van der Waals surface area contributed by atoms with Crippen LogP contribution in [0.25, 0.3) is 0 Å². The fourth-order valence-corrected chi connectivity index (χ4v) is 2.97. The first-order chi connectivity index (χ1) is 8.61. The lowest BCUT2D eigenvalue weighted by Crippen LogP contribution is -2.12. The Labute approximate surface area is 115 Å². The third-order valence-electron chi connectivity index (χ3n) is 3.59. The molecule has 2 atom stereocenters. The SMILES string of the molecule is CC1CCC(CNc2ccc(C#N)c(Br)c2F)C1. The average molecular weight is 311 g/mol. The molecule has 0 aliphatic heterocycles. The molecule has 2 nitrogen and oxygen atoms in total. The van der Waals surface area contributed by atoms with Gasteiger partial charge in [-0.2, -0.15) is 5.26 Å². The predicted molar refractivity (Wildman–Crippen MR) is 73.8 cm³/mol. The van der Waals surface area contributed by atoms with Crippen molar-refractivity contribution in [3.8, 4) is 6.07 Å². The summed E-state index contributed by atoms with van der Waals surface area (Å²) in [5.41, 5.74) is 0.799. The van der Waals surface area contributed by atoms with Crippen molar-refractivity contribution in [3.05, 3.63) is 28.0 Å². The van der Waals surface area contributed by atoms with Gasteiger partial charge in [0.25, 0.3) is 0 Å². The van der Waals surface area contributed by atoms with Crippen LogP contribution in [0.5, 0.6) is 0 Å².